The summed E-state index contributed by atoms with van der Waals surface area (Å²) in [4.78, 5) is 8.47. The van der Waals surface area contributed by atoms with Gasteiger partial charge in [-0.05, 0) is 20.8 Å². The van der Waals surface area contributed by atoms with E-state index in [0.29, 0.717) is 17.1 Å². The molecule has 1 aromatic heterocycles. The number of anilines is 1. The van der Waals surface area contributed by atoms with E-state index in [-0.39, 0.29) is 18.2 Å². The van der Waals surface area contributed by atoms with Crippen LogP contribution < -0.4 is 10.0 Å². The molecule has 0 saturated carbocycles. The Morgan fingerprint density at radius 3 is 2.41 bits per heavy atom. The van der Waals surface area contributed by atoms with Crippen LogP contribution in [0.2, 0.25) is 0 Å². The summed E-state index contributed by atoms with van der Waals surface area (Å²) in [6.07, 6.45) is 0. The summed E-state index contributed by atoms with van der Waals surface area (Å²) in [5, 5.41) is 0. The maximum Gasteiger partial charge on any atom is 0.347 e. The lowest BCUT2D eigenvalue weighted by atomic mass is 10.3. The maximum absolute atomic E-state index is 11.8. The number of fused-ring (bicyclic) bond motifs is 1. The molecule has 0 amide bonds. The second-order valence-corrected chi connectivity index (χ2v) is 5.20. The lowest BCUT2D eigenvalue weighted by Crippen LogP contribution is -2.38. The molecular formula is C9H13N5O2S. The molecule has 0 aromatic carbocycles. The monoisotopic (exact) mass is 255 g/mol. The van der Waals surface area contributed by atoms with Gasteiger partial charge in [-0.3, -0.25) is 0 Å². The van der Waals surface area contributed by atoms with E-state index < -0.39 is 10.2 Å². The van der Waals surface area contributed by atoms with Crippen LogP contribution in [0.1, 0.15) is 24.0 Å². The Hall–Kier alpha value is -1.70. The Kier molecular flexibility index (Phi) is 2.53. The van der Waals surface area contributed by atoms with Gasteiger partial charge in [0.05, 0.1) is 11.4 Å². The molecule has 0 bridgehead atoms. The van der Waals surface area contributed by atoms with E-state index in [4.69, 9.17) is 5.73 Å². The zero-order chi connectivity index (χ0) is 12.8. The van der Waals surface area contributed by atoms with Crippen molar-refractivity contribution in [3.05, 3.63) is 17.1 Å². The van der Waals surface area contributed by atoms with E-state index in [0.717, 1.165) is 4.31 Å². The van der Waals surface area contributed by atoms with Gasteiger partial charge in [0.15, 0.2) is 11.7 Å². The van der Waals surface area contributed by atoms with Gasteiger partial charge in [-0.15, -0.1) is 4.40 Å². The van der Waals surface area contributed by atoms with Crippen molar-refractivity contribution >= 4 is 21.9 Å². The molecule has 1 aliphatic heterocycles. The second kappa shape index (κ2) is 3.66. The number of nitrogens with two attached hydrogens (primary N) is 1. The highest BCUT2D eigenvalue weighted by Crippen LogP contribution is 2.25. The molecule has 1 aliphatic rings. The molecule has 0 radical (unpaired) electrons. The first-order valence-corrected chi connectivity index (χ1v) is 6.50. The van der Waals surface area contributed by atoms with Gasteiger partial charge in [0, 0.05) is 6.54 Å². The number of aromatic nitrogens is 2. The third kappa shape index (κ3) is 1.74. The van der Waals surface area contributed by atoms with Gasteiger partial charge in [-0.1, -0.05) is 0 Å². The predicted molar refractivity (Wildman–Crippen MR) is 64.2 cm³/mol. The van der Waals surface area contributed by atoms with Gasteiger partial charge in [0.25, 0.3) is 0 Å². The molecule has 0 spiro atoms. The van der Waals surface area contributed by atoms with Gasteiger partial charge < -0.3 is 5.73 Å². The smallest absolute Gasteiger partial charge is 0.347 e. The fraction of sp³-hybridized carbons (Fsp3) is 0.444. The van der Waals surface area contributed by atoms with E-state index in [9.17, 15) is 8.42 Å². The Labute approximate surface area is 99.6 Å². The van der Waals surface area contributed by atoms with Crippen molar-refractivity contribution in [2.45, 2.75) is 20.8 Å². The lowest BCUT2D eigenvalue weighted by Gasteiger charge is -2.25. The predicted octanol–water partition coefficient (Wildman–Crippen LogP) is -0.117. The molecule has 0 aliphatic carbocycles. The van der Waals surface area contributed by atoms with Crippen molar-refractivity contribution in [3.63, 3.8) is 0 Å². The number of hydrogen-bond acceptors (Lipinski definition) is 5. The molecule has 7 nitrogen and oxygen atoms in total. The van der Waals surface area contributed by atoms with Crippen LogP contribution in [0.25, 0.3) is 0 Å². The van der Waals surface area contributed by atoms with Crippen molar-refractivity contribution in [1.82, 2.24) is 9.97 Å². The van der Waals surface area contributed by atoms with E-state index in [2.05, 4.69) is 14.4 Å². The molecule has 1 aromatic rings. The van der Waals surface area contributed by atoms with Crippen LogP contribution in [0.4, 0.5) is 5.82 Å². The second-order valence-electron chi connectivity index (χ2n) is 3.69. The Bertz CT molecular complexity index is 608. The lowest BCUT2D eigenvalue weighted by molar-refractivity contribution is 0.592. The highest BCUT2D eigenvalue weighted by atomic mass is 32.2. The number of amidine groups is 1. The molecule has 0 unspecified atom stereocenters. The Morgan fingerprint density at radius 1 is 1.24 bits per heavy atom. The summed E-state index contributed by atoms with van der Waals surface area (Å²) in [6.45, 7) is 5.50. The van der Waals surface area contributed by atoms with Crippen molar-refractivity contribution in [3.8, 4) is 0 Å². The first kappa shape index (κ1) is 11.8. The van der Waals surface area contributed by atoms with E-state index in [1.807, 2.05) is 0 Å². The minimum atomic E-state index is -3.77. The van der Waals surface area contributed by atoms with Gasteiger partial charge in [0.2, 0.25) is 0 Å². The summed E-state index contributed by atoms with van der Waals surface area (Å²) < 4.78 is 28.1. The molecule has 0 saturated heterocycles. The van der Waals surface area contributed by atoms with Crippen LogP contribution in [0.3, 0.4) is 0 Å². The highest BCUT2D eigenvalue weighted by molar-refractivity contribution is 7.91. The normalized spacial score (nSPS) is 17.6. The topological polar surface area (TPSA) is 102 Å². The zero-order valence-electron chi connectivity index (χ0n) is 9.80. The first-order chi connectivity index (χ1) is 7.86. The average molecular weight is 255 g/mol. The number of nitrogens with zero attached hydrogens (tertiary/aromatic N) is 4. The van der Waals surface area contributed by atoms with E-state index >= 15 is 0 Å². The molecule has 8 heteroatoms. The van der Waals surface area contributed by atoms with Gasteiger partial charge in [-0.25, -0.2) is 14.3 Å². The van der Waals surface area contributed by atoms with Crippen molar-refractivity contribution in [2.24, 2.45) is 10.1 Å². The van der Waals surface area contributed by atoms with Gasteiger partial charge in [0.1, 0.15) is 5.69 Å². The van der Waals surface area contributed by atoms with E-state index in [1.54, 1.807) is 20.8 Å². The zero-order valence-corrected chi connectivity index (χ0v) is 10.6. The minimum Gasteiger partial charge on any atom is -0.381 e. The molecule has 0 fully saturated rings. The first-order valence-electron chi connectivity index (χ1n) is 5.10. The van der Waals surface area contributed by atoms with Gasteiger partial charge >= 0.3 is 10.2 Å². The molecular weight excluding hydrogens is 242 g/mol. The standard InChI is InChI=1S/C9H13N5O2S/c1-4-14-9-7(8(10)13-17(14,15)16)11-5(2)6(3)12-9/h4H2,1-3H3,(H2,10,13). The van der Waals surface area contributed by atoms with Crippen LogP contribution in [0, 0.1) is 13.8 Å². The van der Waals surface area contributed by atoms with Crippen molar-refractivity contribution in [1.29, 1.82) is 0 Å². The molecule has 0 atom stereocenters. The number of hydrogen-bond donors (Lipinski definition) is 1. The highest BCUT2D eigenvalue weighted by Gasteiger charge is 2.32. The molecule has 17 heavy (non-hydrogen) atoms. The summed E-state index contributed by atoms with van der Waals surface area (Å²) in [5.74, 6) is 0.142. The SMILES string of the molecule is CCN1c2nc(C)c(C)nc2C(N)=NS1(=O)=O. The molecule has 2 heterocycles. The fourth-order valence-electron chi connectivity index (χ4n) is 1.58. The number of aryl methyl sites for hydroxylation is 2. The van der Waals surface area contributed by atoms with E-state index in [1.165, 1.54) is 0 Å². The number of rotatable bonds is 1. The van der Waals surface area contributed by atoms with Crippen LogP contribution >= 0.6 is 0 Å². The third-order valence-electron chi connectivity index (χ3n) is 2.55. The summed E-state index contributed by atoms with van der Waals surface area (Å²) in [7, 11) is -3.77. The Morgan fingerprint density at radius 2 is 1.82 bits per heavy atom. The third-order valence-corrected chi connectivity index (χ3v) is 3.96. The van der Waals surface area contributed by atoms with Crippen LogP contribution in [-0.4, -0.2) is 30.8 Å². The summed E-state index contributed by atoms with van der Waals surface area (Å²) in [6, 6.07) is 0. The fourth-order valence-corrected chi connectivity index (χ4v) is 2.68. The maximum atomic E-state index is 11.8. The van der Waals surface area contributed by atoms with Gasteiger partial charge in [-0.2, -0.15) is 8.42 Å². The summed E-state index contributed by atoms with van der Waals surface area (Å²) >= 11 is 0. The van der Waals surface area contributed by atoms with Crippen LogP contribution in [0.5, 0.6) is 0 Å². The average Bonchev–Trinajstić information content (AvgIpc) is 2.21. The quantitative estimate of drug-likeness (QED) is 0.754. The Balaban J connectivity index is 2.77. The van der Waals surface area contributed by atoms with Crippen LogP contribution in [0.15, 0.2) is 4.40 Å². The largest absolute Gasteiger partial charge is 0.381 e. The van der Waals surface area contributed by atoms with Crippen LogP contribution in [-0.2, 0) is 10.2 Å². The molecule has 2 N–H and O–H groups in total. The molecule has 2 rings (SSSR count). The molecule has 92 valence electrons. The minimum absolute atomic E-state index is 0.111. The summed E-state index contributed by atoms with van der Waals surface area (Å²) in [5.41, 5.74) is 7.30. The van der Waals surface area contributed by atoms with Crippen molar-refractivity contribution in [2.75, 3.05) is 10.8 Å². The van der Waals surface area contributed by atoms with Crippen molar-refractivity contribution < 1.29 is 8.42 Å².